The summed E-state index contributed by atoms with van der Waals surface area (Å²) >= 11 is 1.82. The third-order valence-corrected chi connectivity index (χ3v) is 4.13. The van der Waals surface area contributed by atoms with Crippen molar-refractivity contribution in [2.45, 2.75) is 20.0 Å². The molecule has 0 spiro atoms. The standard InChI is InChI=1S/C16H16N2OS/c1-12-9-14(19-18-12)10-17-11-15-7-8-16(20-15)13-5-3-2-4-6-13/h2-9,17H,10-11H2,1H3. The number of hydrogen-bond donors (Lipinski definition) is 1. The van der Waals surface area contributed by atoms with Gasteiger partial charge in [-0.2, -0.15) is 0 Å². The van der Waals surface area contributed by atoms with E-state index in [0.717, 1.165) is 18.0 Å². The molecular formula is C16H16N2OS. The molecule has 0 aliphatic rings. The number of aromatic nitrogens is 1. The third-order valence-electron chi connectivity index (χ3n) is 3.00. The van der Waals surface area contributed by atoms with Crippen LogP contribution in [-0.4, -0.2) is 5.16 Å². The number of nitrogens with one attached hydrogen (secondary N) is 1. The third kappa shape index (κ3) is 3.15. The second kappa shape index (κ2) is 6.03. The highest BCUT2D eigenvalue weighted by molar-refractivity contribution is 7.15. The first kappa shape index (κ1) is 13.1. The van der Waals surface area contributed by atoms with Gasteiger partial charge in [-0.25, -0.2) is 0 Å². The summed E-state index contributed by atoms with van der Waals surface area (Å²) in [6, 6.07) is 16.8. The van der Waals surface area contributed by atoms with E-state index >= 15 is 0 Å². The molecule has 4 heteroatoms. The molecule has 0 aliphatic heterocycles. The predicted molar refractivity (Wildman–Crippen MR) is 81.5 cm³/mol. The molecule has 2 aromatic heterocycles. The fourth-order valence-electron chi connectivity index (χ4n) is 2.04. The van der Waals surface area contributed by atoms with Crippen LogP contribution in [0.25, 0.3) is 10.4 Å². The Morgan fingerprint density at radius 1 is 1.10 bits per heavy atom. The molecule has 0 unspecified atom stereocenters. The van der Waals surface area contributed by atoms with E-state index in [2.05, 4.69) is 46.9 Å². The van der Waals surface area contributed by atoms with Crippen molar-refractivity contribution in [1.82, 2.24) is 10.5 Å². The van der Waals surface area contributed by atoms with E-state index in [1.165, 1.54) is 15.3 Å². The van der Waals surface area contributed by atoms with E-state index in [1.807, 2.05) is 30.4 Å². The van der Waals surface area contributed by atoms with Gasteiger partial charge in [-0.05, 0) is 24.6 Å². The van der Waals surface area contributed by atoms with Gasteiger partial charge in [0.25, 0.3) is 0 Å². The maximum Gasteiger partial charge on any atom is 0.150 e. The molecule has 1 aromatic carbocycles. The van der Waals surface area contributed by atoms with Crippen molar-refractivity contribution in [2.75, 3.05) is 0 Å². The maximum atomic E-state index is 5.17. The van der Waals surface area contributed by atoms with Crippen molar-refractivity contribution in [3.63, 3.8) is 0 Å². The zero-order valence-electron chi connectivity index (χ0n) is 11.3. The highest BCUT2D eigenvalue weighted by Gasteiger charge is 2.03. The minimum Gasteiger partial charge on any atom is -0.360 e. The largest absolute Gasteiger partial charge is 0.360 e. The smallest absolute Gasteiger partial charge is 0.150 e. The number of benzene rings is 1. The lowest BCUT2D eigenvalue weighted by molar-refractivity contribution is 0.369. The van der Waals surface area contributed by atoms with Crippen LogP contribution in [0.1, 0.15) is 16.3 Å². The summed E-state index contributed by atoms with van der Waals surface area (Å²) in [5.74, 6) is 0.877. The molecule has 1 N–H and O–H groups in total. The second-order valence-corrected chi connectivity index (χ2v) is 5.84. The fourth-order valence-corrected chi connectivity index (χ4v) is 3.02. The molecule has 0 atom stereocenters. The molecule has 20 heavy (non-hydrogen) atoms. The second-order valence-electron chi connectivity index (χ2n) is 4.67. The van der Waals surface area contributed by atoms with Crippen LogP contribution in [0.15, 0.2) is 53.1 Å². The molecule has 2 heterocycles. The number of rotatable bonds is 5. The van der Waals surface area contributed by atoms with E-state index in [-0.39, 0.29) is 0 Å². The molecule has 3 rings (SSSR count). The minimum atomic E-state index is 0.708. The molecule has 0 bridgehead atoms. The first-order valence-corrected chi connectivity index (χ1v) is 7.40. The highest BCUT2D eigenvalue weighted by atomic mass is 32.1. The monoisotopic (exact) mass is 284 g/mol. The van der Waals surface area contributed by atoms with Gasteiger partial charge in [-0.15, -0.1) is 11.3 Å². The lowest BCUT2D eigenvalue weighted by Crippen LogP contribution is -2.10. The van der Waals surface area contributed by atoms with E-state index in [0.29, 0.717) is 6.54 Å². The zero-order valence-corrected chi connectivity index (χ0v) is 12.1. The van der Waals surface area contributed by atoms with Gasteiger partial charge in [0, 0.05) is 22.4 Å². The number of thiophene rings is 1. The van der Waals surface area contributed by atoms with E-state index in [9.17, 15) is 0 Å². The Kier molecular flexibility index (Phi) is 3.95. The van der Waals surface area contributed by atoms with Crippen molar-refractivity contribution in [3.05, 3.63) is 64.9 Å². The molecule has 0 amide bonds. The van der Waals surface area contributed by atoms with Crippen LogP contribution in [0.3, 0.4) is 0 Å². The van der Waals surface area contributed by atoms with Gasteiger partial charge < -0.3 is 9.84 Å². The average Bonchev–Trinajstić information content (AvgIpc) is 3.09. The Bertz CT molecular complexity index is 673. The fraction of sp³-hybridized carbons (Fsp3) is 0.188. The Balaban J connectivity index is 1.58. The van der Waals surface area contributed by atoms with Gasteiger partial charge in [0.05, 0.1) is 12.2 Å². The summed E-state index contributed by atoms with van der Waals surface area (Å²) in [4.78, 5) is 2.62. The molecule has 0 radical (unpaired) electrons. The molecule has 0 saturated heterocycles. The summed E-state index contributed by atoms with van der Waals surface area (Å²) < 4.78 is 5.17. The number of hydrogen-bond acceptors (Lipinski definition) is 4. The predicted octanol–water partition coefficient (Wildman–Crippen LogP) is 4.00. The van der Waals surface area contributed by atoms with Crippen LogP contribution in [0, 0.1) is 6.92 Å². The van der Waals surface area contributed by atoms with Crippen molar-refractivity contribution in [3.8, 4) is 10.4 Å². The zero-order chi connectivity index (χ0) is 13.8. The molecule has 0 aliphatic carbocycles. The topological polar surface area (TPSA) is 38.1 Å². The molecule has 3 aromatic rings. The van der Waals surface area contributed by atoms with E-state index in [1.54, 1.807) is 0 Å². The van der Waals surface area contributed by atoms with Crippen LogP contribution in [0.4, 0.5) is 0 Å². The number of nitrogens with zero attached hydrogens (tertiary/aromatic N) is 1. The Morgan fingerprint density at radius 3 is 2.70 bits per heavy atom. The molecule has 0 saturated carbocycles. The average molecular weight is 284 g/mol. The molecule has 0 fully saturated rings. The first-order chi connectivity index (χ1) is 9.81. The minimum absolute atomic E-state index is 0.708. The Labute approximate surface area is 122 Å². The van der Waals surface area contributed by atoms with Crippen molar-refractivity contribution >= 4 is 11.3 Å². The van der Waals surface area contributed by atoms with Gasteiger partial charge in [0.15, 0.2) is 5.76 Å². The summed E-state index contributed by atoms with van der Waals surface area (Å²) in [7, 11) is 0. The first-order valence-electron chi connectivity index (χ1n) is 6.58. The summed E-state index contributed by atoms with van der Waals surface area (Å²) in [6.07, 6.45) is 0. The number of aryl methyl sites for hydroxylation is 1. The normalized spacial score (nSPS) is 10.8. The van der Waals surface area contributed by atoms with Gasteiger partial charge in [-0.3, -0.25) is 0 Å². The van der Waals surface area contributed by atoms with Gasteiger partial charge in [0.2, 0.25) is 0 Å². The van der Waals surface area contributed by atoms with E-state index < -0.39 is 0 Å². The van der Waals surface area contributed by atoms with Crippen molar-refractivity contribution in [2.24, 2.45) is 0 Å². The summed E-state index contributed by atoms with van der Waals surface area (Å²) in [5, 5.41) is 7.25. The summed E-state index contributed by atoms with van der Waals surface area (Å²) in [5.41, 5.74) is 2.19. The van der Waals surface area contributed by atoms with Crippen LogP contribution in [-0.2, 0) is 13.1 Å². The van der Waals surface area contributed by atoms with Crippen LogP contribution in [0.5, 0.6) is 0 Å². The Hall–Kier alpha value is -1.91. The molecule has 3 nitrogen and oxygen atoms in total. The van der Waals surface area contributed by atoms with Crippen molar-refractivity contribution in [1.29, 1.82) is 0 Å². The lowest BCUT2D eigenvalue weighted by Gasteiger charge is -1.99. The van der Waals surface area contributed by atoms with Gasteiger partial charge in [0.1, 0.15) is 0 Å². The van der Waals surface area contributed by atoms with Gasteiger partial charge in [-0.1, -0.05) is 35.5 Å². The van der Waals surface area contributed by atoms with Gasteiger partial charge >= 0.3 is 0 Å². The maximum absolute atomic E-state index is 5.17. The highest BCUT2D eigenvalue weighted by Crippen LogP contribution is 2.27. The summed E-state index contributed by atoms with van der Waals surface area (Å²) in [6.45, 7) is 3.48. The van der Waals surface area contributed by atoms with Crippen molar-refractivity contribution < 1.29 is 4.52 Å². The van der Waals surface area contributed by atoms with Crippen LogP contribution in [0.2, 0.25) is 0 Å². The van der Waals surface area contributed by atoms with E-state index in [4.69, 9.17) is 4.52 Å². The van der Waals surface area contributed by atoms with Crippen LogP contribution >= 0.6 is 11.3 Å². The Morgan fingerprint density at radius 2 is 1.95 bits per heavy atom. The van der Waals surface area contributed by atoms with Crippen LogP contribution < -0.4 is 5.32 Å². The molecule has 102 valence electrons. The SMILES string of the molecule is Cc1cc(CNCc2ccc(-c3ccccc3)s2)on1. The molecular weight excluding hydrogens is 268 g/mol. The lowest BCUT2D eigenvalue weighted by atomic mass is 10.2. The quantitative estimate of drug-likeness (QED) is 0.769.